The molecular weight excluding hydrogens is 234 g/mol. The molecule has 0 amide bonds. The van der Waals surface area contributed by atoms with Gasteiger partial charge in [-0.05, 0) is 43.0 Å². The molecule has 0 saturated carbocycles. The van der Waals surface area contributed by atoms with Crippen LogP contribution in [0.1, 0.15) is 63.7 Å². The van der Waals surface area contributed by atoms with E-state index in [0.717, 1.165) is 17.8 Å². The topological polar surface area (TPSA) is 29.1 Å². The van der Waals surface area contributed by atoms with E-state index in [-0.39, 0.29) is 5.78 Å². The van der Waals surface area contributed by atoms with Gasteiger partial charge in [0, 0.05) is 17.8 Å². The highest BCUT2D eigenvalue weighted by atomic mass is 16.1. The van der Waals surface area contributed by atoms with Gasteiger partial charge in [-0.1, -0.05) is 40.0 Å². The van der Waals surface area contributed by atoms with E-state index >= 15 is 0 Å². The van der Waals surface area contributed by atoms with E-state index in [2.05, 4.69) is 26.1 Å². The summed E-state index contributed by atoms with van der Waals surface area (Å²) in [4.78, 5) is 11.2. The maximum absolute atomic E-state index is 11.2. The van der Waals surface area contributed by atoms with E-state index in [1.807, 2.05) is 24.3 Å². The van der Waals surface area contributed by atoms with Crippen molar-refractivity contribution >= 4 is 11.5 Å². The van der Waals surface area contributed by atoms with Gasteiger partial charge in [0.15, 0.2) is 5.78 Å². The predicted molar refractivity (Wildman–Crippen MR) is 82.9 cm³/mol. The first-order valence-electron chi connectivity index (χ1n) is 7.29. The minimum atomic E-state index is 0.117. The van der Waals surface area contributed by atoms with Crippen LogP contribution in [0.25, 0.3) is 0 Å². The average Bonchev–Trinajstić information content (AvgIpc) is 2.37. The minimum Gasteiger partial charge on any atom is -0.385 e. The maximum atomic E-state index is 11.2. The van der Waals surface area contributed by atoms with Gasteiger partial charge in [-0.15, -0.1) is 0 Å². The molecule has 1 aromatic carbocycles. The number of nitrogens with one attached hydrogen (secondary N) is 1. The lowest BCUT2D eigenvalue weighted by molar-refractivity contribution is 0.101. The fourth-order valence-corrected chi connectivity index (χ4v) is 2.11. The van der Waals surface area contributed by atoms with E-state index in [9.17, 15) is 4.79 Å². The van der Waals surface area contributed by atoms with Crippen LogP contribution in [-0.2, 0) is 0 Å². The van der Waals surface area contributed by atoms with Gasteiger partial charge in [-0.25, -0.2) is 0 Å². The van der Waals surface area contributed by atoms with Crippen molar-refractivity contribution in [2.45, 2.75) is 53.4 Å². The molecule has 0 unspecified atom stereocenters. The third-order valence-electron chi connectivity index (χ3n) is 3.52. The standard InChI is InChI=1S/C17H27NO/c1-5-6-7-12-17(3,4)13-18-16-10-8-15(9-11-16)14(2)19/h8-11,18H,5-7,12-13H2,1-4H3. The van der Waals surface area contributed by atoms with Crippen molar-refractivity contribution in [3.05, 3.63) is 29.8 Å². The van der Waals surface area contributed by atoms with Crippen molar-refractivity contribution in [1.82, 2.24) is 0 Å². The van der Waals surface area contributed by atoms with E-state index in [1.165, 1.54) is 25.7 Å². The molecule has 0 spiro atoms. The Balaban J connectivity index is 2.44. The molecule has 106 valence electrons. The molecule has 0 aromatic heterocycles. The summed E-state index contributed by atoms with van der Waals surface area (Å²) in [5.74, 6) is 0.117. The Hall–Kier alpha value is -1.31. The van der Waals surface area contributed by atoms with Crippen LogP contribution in [-0.4, -0.2) is 12.3 Å². The molecule has 0 radical (unpaired) electrons. The first kappa shape index (κ1) is 15.7. The molecule has 1 N–H and O–H groups in total. The van der Waals surface area contributed by atoms with Crippen LogP contribution in [0, 0.1) is 5.41 Å². The molecule has 0 fully saturated rings. The molecule has 1 aromatic rings. The average molecular weight is 261 g/mol. The van der Waals surface area contributed by atoms with Gasteiger partial charge in [-0.3, -0.25) is 4.79 Å². The maximum Gasteiger partial charge on any atom is 0.159 e. The molecule has 0 aliphatic rings. The van der Waals surface area contributed by atoms with Crippen LogP contribution in [0.15, 0.2) is 24.3 Å². The van der Waals surface area contributed by atoms with Gasteiger partial charge in [-0.2, -0.15) is 0 Å². The zero-order valence-electron chi connectivity index (χ0n) is 12.8. The number of anilines is 1. The van der Waals surface area contributed by atoms with Crippen LogP contribution in [0.4, 0.5) is 5.69 Å². The Bertz CT molecular complexity index is 392. The third-order valence-corrected chi connectivity index (χ3v) is 3.52. The van der Waals surface area contributed by atoms with Gasteiger partial charge >= 0.3 is 0 Å². The Morgan fingerprint density at radius 1 is 1.16 bits per heavy atom. The lowest BCUT2D eigenvalue weighted by atomic mass is 9.87. The van der Waals surface area contributed by atoms with Gasteiger partial charge in [0.2, 0.25) is 0 Å². The zero-order chi connectivity index (χ0) is 14.3. The molecule has 19 heavy (non-hydrogen) atoms. The third kappa shape index (κ3) is 5.91. The Morgan fingerprint density at radius 3 is 2.32 bits per heavy atom. The van der Waals surface area contributed by atoms with Crippen LogP contribution in [0.5, 0.6) is 0 Å². The number of unbranched alkanes of at least 4 members (excludes halogenated alkanes) is 2. The van der Waals surface area contributed by atoms with E-state index < -0.39 is 0 Å². The highest BCUT2D eigenvalue weighted by Gasteiger charge is 2.16. The second kappa shape index (κ2) is 7.32. The number of hydrogen-bond donors (Lipinski definition) is 1. The number of rotatable bonds is 8. The van der Waals surface area contributed by atoms with Crippen LogP contribution >= 0.6 is 0 Å². The lowest BCUT2D eigenvalue weighted by Gasteiger charge is -2.25. The van der Waals surface area contributed by atoms with Crippen LogP contribution in [0.2, 0.25) is 0 Å². The first-order valence-corrected chi connectivity index (χ1v) is 7.29. The van der Waals surface area contributed by atoms with E-state index in [1.54, 1.807) is 6.92 Å². The highest BCUT2D eigenvalue weighted by molar-refractivity contribution is 5.94. The molecule has 0 bridgehead atoms. The molecule has 0 saturated heterocycles. The highest BCUT2D eigenvalue weighted by Crippen LogP contribution is 2.24. The number of benzene rings is 1. The summed E-state index contributed by atoms with van der Waals surface area (Å²) in [7, 11) is 0. The first-order chi connectivity index (χ1) is 8.94. The summed E-state index contributed by atoms with van der Waals surface area (Å²) in [6, 6.07) is 7.74. The number of Topliss-reactive ketones (excluding diaryl/α,β-unsaturated/α-hetero) is 1. The van der Waals surface area contributed by atoms with Crippen LogP contribution < -0.4 is 5.32 Å². The predicted octanol–water partition coefficient (Wildman–Crippen LogP) is 4.91. The minimum absolute atomic E-state index is 0.117. The lowest BCUT2D eigenvalue weighted by Crippen LogP contribution is -2.23. The molecule has 0 atom stereocenters. The Labute approximate surface area is 117 Å². The smallest absolute Gasteiger partial charge is 0.159 e. The SMILES string of the molecule is CCCCCC(C)(C)CNc1ccc(C(C)=O)cc1. The molecule has 2 heteroatoms. The molecule has 0 aliphatic heterocycles. The van der Waals surface area contributed by atoms with E-state index in [4.69, 9.17) is 0 Å². The fraction of sp³-hybridized carbons (Fsp3) is 0.588. The number of ketones is 1. The van der Waals surface area contributed by atoms with Gasteiger partial charge in [0.1, 0.15) is 0 Å². The second-order valence-electron chi connectivity index (χ2n) is 6.11. The summed E-state index contributed by atoms with van der Waals surface area (Å²) in [5.41, 5.74) is 2.18. The normalized spacial score (nSPS) is 11.4. The summed E-state index contributed by atoms with van der Waals surface area (Å²) in [6.45, 7) is 9.41. The van der Waals surface area contributed by atoms with Crippen molar-refractivity contribution in [3.8, 4) is 0 Å². The van der Waals surface area contributed by atoms with Crippen LogP contribution in [0.3, 0.4) is 0 Å². The molecule has 1 rings (SSSR count). The van der Waals surface area contributed by atoms with Gasteiger partial charge in [0.05, 0.1) is 0 Å². The van der Waals surface area contributed by atoms with Gasteiger partial charge in [0.25, 0.3) is 0 Å². The fourth-order valence-electron chi connectivity index (χ4n) is 2.11. The molecule has 0 heterocycles. The summed E-state index contributed by atoms with van der Waals surface area (Å²) in [6.07, 6.45) is 5.14. The van der Waals surface area contributed by atoms with Crippen molar-refractivity contribution in [1.29, 1.82) is 0 Å². The Morgan fingerprint density at radius 2 is 1.79 bits per heavy atom. The zero-order valence-corrected chi connectivity index (χ0v) is 12.8. The molecular formula is C17H27NO. The summed E-state index contributed by atoms with van der Waals surface area (Å²) >= 11 is 0. The quantitative estimate of drug-likeness (QED) is 0.532. The molecule has 0 aliphatic carbocycles. The summed E-state index contributed by atoms with van der Waals surface area (Å²) < 4.78 is 0. The summed E-state index contributed by atoms with van der Waals surface area (Å²) in [5, 5.41) is 3.47. The van der Waals surface area contributed by atoms with Crippen molar-refractivity contribution in [2.75, 3.05) is 11.9 Å². The molecule has 2 nitrogen and oxygen atoms in total. The van der Waals surface area contributed by atoms with Crippen molar-refractivity contribution in [2.24, 2.45) is 5.41 Å². The van der Waals surface area contributed by atoms with Crippen molar-refractivity contribution < 1.29 is 4.79 Å². The largest absolute Gasteiger partial charge is 0.385 e. The number of hydrogen-bond acceptors (Lipinski definition) is 2. The second-order valence-corrected chi connectivity index (χ2v) is 6.11. The Kier molecular flexibility index (Phi) is 6.07. The number of carbonyl (C=O) groups excluding carboxylic acids is 1. The van der Waals surface area contributed by atoms with Gasteiger partial charge < -0.3 is 5.32 Å². The monoisotopic (exact) mass is 261 g/mol. The number of carbonyl (C=O) groups is 1. The van der Waals surface area contributed by atoms with Crippen molar-refractivity contribution in [3.63, 3.8) is 0 Å². The van der Waals surface area contributed by atoms with E-state index in [0.29, 0.717) is 5.41 Å².